The Labute approximate surface area is 89.8 Å². The normalized spacial score (nSPS) is 15.7. The minimum absolute atomic E-state index is 0.0155. The lowest BCUT2D eigenvalue weighted by atomic mass is 10.2. The van der Waals surface area contributed by atoms with Crippen molar-refractivity contribution in [1.29, 1.82) is 0 Å². The molecule has 15 heavy (non-hydrogen) atoms. The van der Waals surface area contributed by atoms with Crippen LogP contribution in [0.1, 0.15) is 20.3 Å². The first-order chi connectivity index (χ1) is 7.11. The predicted molar refractivity (Wildman–Crippen MR) is 55.4 cm³/mol. The molecule has 1 heterocycles. The third kappa shape index (κ3) is 3.77. The van der Waals surface area contributed by atoms with E-state index in [1.165, 1.54) is 0 Å². The van der Waals surface area contributed by atoms with Gasteiger partial charge in [-0.15, -0.1) is 0 Å². The van der Waals surface area contributed by atoms with Gasteiger partial charge in [-0.3, -0.25) is 4.79 Å². The minimum atomic E-state index is -0.245. The first-order valence-corrected chi connectivity index (χ1v) is 5.30. The maximum absolute atomic E-state index is 11.2. The van der Waals surface area contributed by atoms with Crippen molar-refractivity contribution >= 4 is 12.0 Å². The number of carbonyl (C=O) groups excluding carboxylic acids is 2. The number of carbonyl (C=O) groups is 2. The van der Waals surface area contributed by atoms with Crippen LogP contribution in [-0.4, -0.2) is 43.1 Å². The van der Waals surface area contributed by atoms with E-state index >= 15 is 0 Å². The maximum atomic E-state index is 11.2. The average molecular weight is 214 g/mol. The number of nitrogens with zero attached hydrogens (tertiary/aromatic N) is 1. The standard InChI is InChI=1S/C10H18N2O3/c1-8(2)9(13)11-4-3-5-12-6-7-15-10(12)14/h8H,3-7H2,1-2H3,(H,11,13). The van der Waals surface area contributed by atoms with E-state index in [0.29, 0.717) is 26.2 Å². The fourth-order valence-electron chi connectivity index (χ4n) is 1.31. The van der Waals surface area contributed by atoms with Gasteiger partial charge in [-0.05, 0) is 6.42 Å². The second-order valence-corrected chi connectivity index (χ2v) is 3.90. The zero-order valence-electron chi connectivity index (χ0n) is 9.28. The zero-order valence-corrected chi connectivity index (χ0v) is 9.28. The van der Waals surface area contributed by atoms with Gasteiger partial charge in [0.15, 0.2) is 0 Å². The average Bonchev–Trinajstić information content (AvgIpc) is 2.58. The van der Waals surface area contributed by atoms with Crippen LogP contribution in [0.25, 0.3) is 0 Å². The summed E-state index contributed by atoms with van der Waals surface area (Å²) >= 11 is 0. The van der Waals surface area contributed by atoms with Crippen LogP contribution in [0.4, 0.5) is 4.79 Å². The van der Waals surface area contributed by atoms with Gasteiger partial charge in [0.1, 0.15) is 6.61 Å². The second kappa shape index (κ2) is 5.58. The summed E-state index contributed by atoms with van der Waals surface area (Å²) in [5, 5.41) is 2.80. The number of ether oxygens (including phenoxy) is 1. The van der Waals surface area contributed by atoms with Crippen molar-refractivity contribution in [2.24, 2.45) is 5.92 Å². The van der Waals surface area contributed by atoms with Gasteiger partial charge in [0, 0.05) is 19.0 Å². The molecule has 1 aliphatic heterocycles. The Morgan fingerprint density at radius 2 is 2.33 bits per heavy atom. The molecule has 0 saturated carbocycles. The van der Waals surface area contributed by atoms with Gasteiger partial charge in [-0.25, -0.2) is 4.79 Å². The van der Waals surface area contributed by atoms with Crippen LogP contribution >= 0.6 is 0 Å². The van der Waals surface area contributed by atoms with E-state index < -0.39 is 0 Å². The quantitative estimate of drug-likeness (QED) is 0.682. The van der Waals surface area contributed by atoms with E-state index in [2.05, 4.69) is 5.32 Å². The first kappa shape index (κ1) is 11.8. The van der Waals surface area contributed by atoms with Gasteiger partial charge in [0.05, 0.1) is 6.54 Å². The van der Waals surface area contributed by atoms with Crippen molar-refractivity contribution in [2.45, 2.75) is 20.3 Å². The van der Waals surface area contributed by atoms with Crippen molar-refractivity contribution < 1.29 is 14.3 Å². The van der Waals surface area contributed by atoms with Crippen LogP contribution in [-0.2, 0) is 9.53 Å². The molecule has 0 bridgehead atoms. The molecule has 1 fully saturated rings. The maximum Gasteiger partial charge on any atom is 0.409 e. The minimum Gasteiger partial charge on any atom is -0.448 e. The molecule has 5 nitrogen and oxygen atoms in total. The summed E-state index contributed by atoms with van der Waals surface area (Å²) in [6, 6.07) is 0. The Morgan fingerprint density at radius 3 is 2.87 bits per heavy atom. The summed E-state index contributed by atoms with van der Waals surface area (Å²) in [5.41, 5.74) is 0. The van der Waals surface area contributed by atoms with Crippen LogP contribution in [0.3, 0.4) is 0 Å². The van der Waals surface area contributed by atoms with Crippen molar-refractivity contribution in [1.82, 2.24) is 10.2 Å². The Morgan fingerprint density at radius 1 is 1.60 bits per heavy atom. The van der Waals surface area contributed by atoms with E-state index in [-0.39, 0.29) is 17.9 Å². The van der Waals surface area contributed by atoms with Crippen molar-refractivity contribution in [3.05, 3.63) is 0 Å². The first-order valence-electron chi connectivity index (χ1n) is 5.30. The molecule has 0 spiro atoms. The topological polar surface area (TPSA) is 58.6 Å². The smallest absolute Gasteiger partial charge is 0.409 e. The summed E-state index contributed by atoms with van der Waals surface area (Å²) in [7, 11) is 0. The van der Waals surface area contributed by atoms with Crippen LogP contribution < -0.4 is 5.32 Å². The summed E-state index contributed by atoms with van der Waals surface area (Å²) in [5.74, 6) is 0.0701. The largest absolute Gasteiger partial charge is 0.448 e. The summed E-state index contributed by atoms with van der Waals surface area (Å²) in [6.45, 7) is 6.12. The van der Waals surface area contributed by atoms with Gasteiger partial charge < -0.3 is 15.0 Å². The molecule has 1 saturated heterocycles. The lowest BCUT2D eigenvalue weighted by Crippen LogP contribution is -2.32. The number of amides is 2. The fraction of sp³-hybridized carbons (Fsp3) is 0.800. The van der Waals surface area contributed by atoms with Gasteiger partial charge in [-0.1, -0.05) is 13.8 Å². The lowest BCUT2D eigenvalue weighted by Gasteiger charge is -2.12. The second-order valence-electron chi connectivity index (χ2n) is 3.90. The highest BCUT2D eigenvalue weighted by molar-refractivity contribution is 5.77. The fourth-order valence-corrected chi connectivity index (χ4v) is 1.31. The predicted octanol–water partition coefficient (Wildman–Crippen LogP) is 0.601. The molecule has 0 aromatic carbocycles. The van der Waals surface area contributed by atoms with Gasteiger partial charge in [-0.2, -0.15) is 0 Å². The molecule has 1 N–H and O–H groups in total. The van der Waals surface area contributed by atoms with Gasteiger partial charge >= 0.3 is 6.09 Å². The van der Waals surface area contributed by atoms with E-state index in [1.807, 2.05) is 13.8 Å². The molecule has 1 rings (SSSR count). The molecular formula is C10H18N2O3. The summed E-state index contributed by atoms with van der Waals surface area (Å²) in [4.78, 5) is 23.9. The van der Waals surface area contributed by atoms with E-state index in [4.69, 9.17) is 4.74 Å². The Bertz CT molecular complexity index is 241. The highest BCUT2D eigenvalue weighted by atomic mass is 16.6. The van der Waals surface area contributed by atoms with Crippen molar-refractivity contribution in [2.75, 3.05) is 26.2 Å². The summed E-state index contributed by atoms with van der Waals surface area (Å²) in [6.07, 6.45) is 0.526. The Hall–Kier alpha value is -1.26. The van der Waals surface area contributed by atoms with Crippen LogP contribution in [0, 0.1) is 5.92 Å². The lowest BCUT2D eigenvalue weighted by molar-refractivity contribution is -0.123. The monoisotopic (exact) mass is 214 g/mol. The van der Waals surface area contributed by atoms with E-state index in [9.17, 15) is 9.59 Å². The van der Waals surface area contributed by atoms with Gasteiger partial charge in [0.25, 0.3) is 0 Å². The number of nitrogens with one attached hydrogen (secondary N) is 1. The van der Waals surface area contributed by atoms with Crippen LogP contribution in [0.5, 0.6) is 0 Å². The molecule has 2 amide bonds. The number of cyclic esters (lactones) is 1. The number of rotatable bonds is 5. The zero-order chi connectivity index (χ0) is 11.3. The molecule has 0 atom stereocenters. The molecule has 5 heteroatoms. The molecule has 0 aromatic rings. The van der Waals surface area contributed by atoms with Crippen molar-refractivity contribution in [3.8, 4) is 0 Å². The molecule has 0 unspecified atom stereocenters. The van der Waals surface area contributed by atoms with Crippen LogP contribution in [0.2, 0.25) is 0 Å². The molecule has 0 aromatic heterocycles. The Kier molecular flexibility index (Phi) is 4.39. The van der Waals surface area contributed by atoms with Crippen molar-refractivity contribution in [3.63, 3.8) is 0 Å². The van der Waals surface area contributed by atoms with Crippen LogP contribution in [0.15, 0.2) is 0 Å². The highest BCUT2D eigenvalue weighted by Crippen LogP contribution is 2.03. The summed E-state index contributed by atoms with van der Waals surface area (Å²) < 4.78 is 4.78. The molecule has 0 aliphatic carbocycles. The third-order valence-electron chi connectivity index (χ3n) is 2.27. The van der Waals surface area contributed by atoms with E-state index in [0.717, 1.165) is 6.42 Å². The highest BCUT2D eigenvalue weighted by Gasteiger charge is 2.20. The number of hydrogen-bond acceptors (Lipinski definition) is 3. The third-order valence-corrected chi connectivity index (χ3v) is 2.27. The van der Waals surface area contributed by atoms with E-state index in [1.54, 1.807) is 4.90 Å². The number of hydrogen-bond donors (Lipinski definition) is 1. The molecule has 0 radical (unpaired) electrons. The molecule has 86 valence electrons. The molecule has 1 aliphatic rings. The SMILES string of the molecule is CC(C)C(=O)NCCCN1CCOC1=O. The molecular weight excluding hydrogens is 196 g/mol. The Balaban J connectivity index is 2.06. The van der Waals surface area contributed by atoms with Gasteiger partial charge in [0.2, 0.25) is 5.91 Å².